The van der Waals surface area contributed by atoms with Gasteiger partial charge in [-0.1, -0.05) is 40.0 Å². The van der Waals surface area contributed by atoms with Crippen LogP contribution in [0.2, 0.25) is 0 Å². The second-order valence-corrected chi connectivity index (χ2v) is 5.38. The first-order chi connectivity index (χ1) is 10.2. The van der Waals surface area contributed by atoms with Crippen LogP contribution < -0.4 is 5.32 Å². The average Bonchev–Trinajstić information content (AvgIpc) is 2.51. The van der Waals surface area contributed by atoms with E-state index in [0.717, 1.165) is 62.6 Å². The molecule has 0 saturated carbocycles. The lowest BCUT2D eigenvalue weighted by Gasteiger charge is -2.11. The summed E-state index contributed by atoms with van der Waals surface area (Å²) in [7, 11) is 0. The number of carbonyl (C=O) groups is 1. The standard InChI is InChI=1S/C16H28N4O/c1-4-7-10-13-14(11-8-5-2)18-20-19-15(13)16(21)17-12-9-6-3/h4-12H2,1-3H3,(H,17,21). The van der Waals surface area contributed by atoms with Crippen molar-refractivity contribution in [3.63, 3.8) is 0 Å². The Morgan fingerprint density at radius 3 is 2.29 bits per heavy atom. The van der Waals surface area contributed by atoms with Crippen LogP contribution in [0.5, 0.6) is 0 Å². The number of nitrogens with zero attached hydrogens (tertiary/aromatic N) is 3. The predicted octanol–water partition coefficient (Wildman–Crippen LogP) is 3.09. The Bertz CT molecular complexity index is 434. The number of aryl methyl sites for hydroxylation is 1. The topological polar surface area (TPSA) is 67.8 Å². The van der Waals surface area contributed by atoms with Crippen LogP contribution in [0.4, 0.5) is 0 Å². The van der Waals surface area contributed by atoms with Crippen LogP contribution in [0.3, 0.4) is 0 Å². The SMILES string of the molecule is CCCCNC(=O)c1nnnc(CCCC)c1CCCC. The van der Waals surface area contributed by atoms with E-state index in [4.69, 9.17) is 0 Å². The summed E-state index contributed by atoms with van der Waals surface area (Å²) in [5.74, 6) is -0.109. The van der Waals surface area contributed by atoms with Crippen molar-refractivity contribution in [3.8, 4) is 0 Å². The van der Waals surface area contributed by atoms with Gasteiger partial charge in [0.15, 0.2) is 5.69 Å². The molecule has 1 N–H and O–H groups in total. The summed E-state index contributed by atoms with van der Waals surface area (Å²) in [5, 5.41) is 14.9. The Morgan fingerprint density at radius 2 is 1.62 bits per heavy atom. The van der Waals surface area contributed by atoms with E-state index >= 15 is 0 Å². The second kappa shape index (κ2) is 10.2. The smallest absolute Gasteiger partial charge is 0.272 e. The molecule has 1 aromatic rings. The number of rotatable bonds is 10. The molecular weight excluding hydrogens is 264 g/mol. The molecule has 0 aromatic carbocycles. The molecule has 118 valence electrons. The van der Waals surface area contributed by atoms with Crippen LogP contribution in [-0.4, -0.2) is 27.9 Å². The molecule has 0 fully saturated rings. The normalized spacial score (nSPS) is 10.6. The second-order valence-electron chi connectivity index (χ2n) is 5.38. The number of hydrogen-bond acceptors (Lipinski definition) is 4. The molecule has 1 heterocycles. The van der Waals surface area contributed by atoms with Gasteiger partial charge in [-0.05, 0) is 37.3 Å². The lowest BCUT2D eigenvalue weighted by atomic mass is 10.0. The molecule has 0 aliphatic carbocycles. The Kier molecular flexibility index (Phi) is 8.55. The largest absolute Gasteiger partial charge is 0.351 e. The molecule has 0 atom stereocenters. The maximum absolute atomic E-state index is 12.3. The maximum atomic E-state index is 12.3. The van der Waals surface area contributed by atoms with Crippen LogP contribution in [0, 0.1) is 0 Å². The number of carbonyl (C=O) groups excluding carboxylic acids is 1. The first kappa shape index (κ1) is 17.5. The van der Waals surface area contributed by atoms with Crippen LogP contribution in [-0.2, 0) is 12.8 Å². The van der Waals surface area contributed by atoms with Gasteiger partial charge in [0.1, 0.15) is 0 Å². The number of unbranched alkanes of at least 4 members (excludes halogenated alkanes) is 3. The van der Waals surface area contributed by atoms with Crippen molar-refractivity contribution in [2.24, 2.45) is 0 Å². The maximum Gasteiger partial charge on any atom is 0.272 e. The average molecular weight is 292 g/mol. The Labute approximate surface area is 127 Å². The zero-order valence-corrected chi connectivity index (χ0v) is 13.6. The van der Waals surface area contributed by atoms with Gasteiger partial charge in [0.05, 0.1) is 5.69 Å². The van der Waals surface area contributed by atoms with Crippen molar-refractivity contribution in [1.82, 2.24) is 20.7 Å². The minimum Gasteiger partial charge on any atom is -0.351 e. The van der Waals surface area contributed by atoms with E-state index in [-0.39, 0.29) is 5.91 Å². The Balaban J connectivity index is 2.91. The zero-order chi connectivity index (χ0) is 15.5. The van der Waals surface area contributed by atoms with E-state index in [1.807, 2.05) is 0 Å². The molecule has 0 radical (unpaired) electrons. The third kappa shape index (κ3) is 5.78. The predicted molar refractivity (Wildman–Crippen MR) is 84.3 cm³/mol. The minimum absolute atomic E-state index is 0.109. The van der Waals surface area contributed by atoms with Crippen molar-refractivity contribution >= 4 is 5.91 Å². The first-order valence-corrected chi connectivity index (χ1v) is 8.23. The fourth-order valence-corrected chi connectivity index (χ4v) is 2.18. The van der Waals surface area contributed by atoms with E-state index in [0.29, 0.717) is 12.2 Å². The highest BCUT2D eigenvalue weighted by atomic mass is 16.1. The van der Waals surface area contributed by atoms with Crippen LogP contribution in [0.15, 0.2) is 0 Å². The van der Waals surface area contributed by atoms with Crippen molar-refractivity contribution in [2.45, 2.75) is 72.1 Å². The quantitative estimate of drug-likeness (QED) is 0.673. The Hall–Kier alpha value is -1.52. The number of amides is 1. The number of hydrogen-bond donors (Lipinski definition) is 1. The van der Waals surface area contributed by atoms with Crippen LogP contribution in [0.25, 0.3) is 0 Å². The summed E-state index contributed by atoms with van der Waals surface area (Å²) in [6.45, 7) is 7.10. The third-order valence-corrected chi connectivity index (χ3v) is 3.52. The van der Waals surface area contributed by atoms with Gasteiger partial charge >= 0.3 is 0 Å². The van der Waals surface area contributed by atoms with Crippen molar-refractivity contribution in [2.75, 3.05) is 6.54 Å². The molecule has 0 aliphatic rings. The van der Waals surface area contributed by atoms with Crippen molar-refractivity contribution < 1.29 is 4.79 Å². The lowest BCUT2D eigenvalue weighted by Crippen LogP contribution is -2.28. The fourth-order valence-electron chi connectivity index (χ4n) is 2.18. The van der Waals surface area contributed by atoms with Gasteiger partial charge in [-0.15, -0.1) is 10.2 Å². The summed E-state index contributed by atoms with van der Waals surface area (Å²) < 4.78 is 0. The summed E-state index contributed by atoms with van der Waals surface area (Å²) in [6.07, 6.45) is 8.08. The third-order valence-electron chi connectivity index (χ3n) is 3.52. The summed E-state index contributed by atoms with van der Waals surface area (Å²) >= 11 is 0. The molecule has 5 nitrogen and oxygen atoms in total. The van der Waals surface area contributed by atoms with E-state index in [2.05, 4.69) is 41.5 Å². The zero-order valence-electron chi connectivity index (χ0n) is 13.6. The van der Waals surface area contributed by atoms with Crippen molar-refractivity contribution in [1.29, 1.82) is 0 Å². The van der Waals surface area contributed by atoms with Crippen LogP contribution >= 0.6 is 0 Å². The highest BCUT2D eigenvalue weighted by Crippen LogP contribution is 2.15. The molecule has 0 saturated heterocycles. The van der Waals surface area contributed by atoms with Gasteiger partial charge in [-0.25, -0.2) is 0 Å². The lowest BCUT2D eigenvalue weighted by molar-refractivity contribution is 0.0945. The van der Waals surface area contributed by atoms with Gasteiger partial charge in [0, 0.05) is 12.1 Å². The molecule has 0 spiro atoms. The molecular formula is C16H28N4O. The van der Waals surface area contributed by atoms with Gasteiger partial charge in [-0.2, -0.15) is 0 Å². The molecule has 0 unspecified atom stereocenters. The molecule has 1 rings (SSSR count). The highest BCUT2D eigenvalue weighted by molar-refractivity contribution is 5.93. The molecule has 21 heavy (non-hydrogen) atoms. The molecule has 1 amide bonds. The van der Waals surface area contributed by atoms with E-state index in [1.165, 1.54) is 0 Å². The molecule has 5 heteroatoms. The summed E-state index contributed by atoms with van der Waals surface area (Å²) in [4.78, 5) is 12.3. The highest BCUT2D eigenvalue weighted by Gasteiger charge is 2.17. The fraction of sp³-hybridized carbons (Fsp3) is 0.750. The minimum atomic E-state index is -0.109. The number of aromatic nitrogens is 3. The summed E-state index contributed by atoms with van der Waals surface area (Å²) in [5.41, 5.74) is 2.41. The number of nitrogens with one attached hydrogen (secondary N) is 1. The monoisotopic (exact) mass is 292 g/mol. The van der Waals surface area contributed by atoms with Gasteiger partial charge in [0.2, 0.25) is 0 Å². The molecule has 0 aliphatic heterocycles. The van der Waals surface area contributed by atoms with E-state index in [1.54, 1.807) is 0 Å². The van der Waals surface area contributed by atoms with Gasteiger partial charge in [-0.3, -0.25) is 4.79 Å². The van der Waals surface area contributed by atoms with Crippen LogP contribution in [0.1, 0.15) is 81.0 Å². The first-order valence-electron chi connectivity index (χ1n) is 8.23. The molecule has 0 bridgehead atoms. The van der Waals surface area contributed by atoms with E-state index < -0.39 is 0 Å². The van der Waals surface area contributed by atoms with Gasteiger partial charge < -0.3 is 5.32 Å². The van der Waals surface area contributed by atoms with E-state index in [9.17, 15) is 4.79 Å². The Morgan fingerprint density at radius 1 is 0.952 bits per heavy atom. The van der Waals surface area contributed by atoms with Crippen molar-refractivity contribution in [3.05, 3.63) is 17.0 Å². The van der Waals surface area contributed by atoms with Gasteiger partial charge in [0.25, 0.3) is 5.91 Å². The molecule has 1 aromatic heterocycles. The summed E-state index contributed by atoms with van der Waals surface area (Å²) in [6, 6.07) is 0.